The number of amides is 1. The minimum absolute atomic E-state index is 0.206. The van der Waals surface area contributed by atoms with Gasteiger partial charge in [-0.2, -0.15) is 18.2 Å². The first-order valence-electron chi connectivity index (χ1n) is 7.32. The molecule has 0 saturated carbocycles. The van der Waals surface area contributed by atoms with Crippen LogP contribution in [0.1, 0.15) is 28.9 Å². The summed E-state index contributed by atoms with van der Waals surface area (Å²) in [4.78, 5) is 20.9. The van der Waals surface area contributed by atoms with Crippen molar-refractivity contribution in [3.8, 4) is 6.01 Å². The number of furan rings is 1. The molecule has 3 heterocycles. The molecule has 2 aromatic rings. The third-order valence-corrected chi connectivity index (χ3v) is 3.63. The Morgan fingerprint density at radius 3 is 2.92 bits per heavy atom. The van der Waals surface area contributed by atoms with Crippen LogP contribution in [0.2, 0.25) is 0 Å². The van der Waals surface area contributed by atoms with Gasteiger partial charge in [0.25, 0.3) is 5.91 Å². The molecule has 128 valence electrons. The summed E-state index contributed by atoms with van der Waals surface area (Å²) in [5, 5.41) is 0. The predicted octanol–water partition coefficient (Wildman–Crippen LogP) is 2.77. The first-order valence-corrected chi connectivity index (χ1v) is 7.32. The van der Waals surface area contributed by atoms with Crippen LogP contribution in [0.25, 0.3) is 0 Å². The van der Waals surface area contributed by atoms with Gasteiger partial charge in [-0.15, -0.1) is 0 Å². The highest BCUT2D eigenvalue weighted by Crippen LogP contribution is 2.28. The van der Waals surface area contributed by atoms with Crippen molar-refractivity contribution in [3.05, 3.63) is 42.1 Å². The van der Waals surface area contributed by atoms with Crippen LogP contribution in [0.3, 0.4) is 0 Å². The standard InChI is InChI=1S/C15H14F3N3O3/c16-15(17,18)12-3-5-19-14(20-12)24-11-2-1-6-21(8-11)13(22)10-4-7-23-9-10/h3-5,7,9,11H,1-2,6,8H2. The van der Waals surface area contributed by atoms with Gasteiger partial charge >= 0.3 is 12.2 Å². The maximum atomic E-state index is 12.7. The molecule has 0 spiro atoms. The van der Waals surface area contributed by atoms with Crippen molar-refractivity contribution in [1.82, 2.24) is 14.9 Å². The van der Waals surface area contributed by atoms with E-state index in [2.05, 4.69) is 9.97 Å². The third kappa shape index (κ3) is 3.66. The highest BCUT2D eigenvalue weighted by atomic mass is 19.4. The van der Waals surface area contributed by atoms with Crippen molar-refractivity contribution in [2.45, 2.75) is 25.1 Å². The van der Waals surface area contributed by atoms with E-state index < -0.39 is 18.0 Å². The number of ether oxygens (including phenoxy) is 1. The normalized spacial score (nSPS) is 18.5. The van der Waals surface area contributed by atoms with E-state index in [1.165, 1.54) is 12.5 Å². The molecule has 0 bridgehead atoms. The van der Waals surface area contributed by atoms with Crippen LogP contribution >= 0.6 is 0 Å². The Kier molecular flexibility index (Phi) is 4.41. The summed E-state index contributed by atoms with van der Waals surface area (Å²) in [5.41, 5.74) is -0.638. The fraction of sp³-hybridized carbons (Fsp3) is 0.400. The van der Waals surface area contributed by atoms with E-state index in [9.17, 15) is 18.0 Å². The van der Waals surface area contributed by atoms with Gasteiger partial charge in [-0.05, 0) is 25.0 Å². The minimum Gasteiger partial charge on any atom is -0.472 e. The third-order valence-electron chi connectivity index (χ3n) is 3.63. The summed E-state index contributed by atoms with van der Waals surface area (Å²) in [7, 11) is 0. The first-order chi connectivity index (χ1) is 11.4. The summed E-state index contributed by atoms with van der Waals surface area (Å²) in [6.07, 6.45) is 0.0177. The van der Waals surface area contributed by atoms with Gasteiger partial charge in [0.2, 0.25) is 0 Å². The van der Waals surface area contributed by atoms with Gasteiger partial charge in [-0.1, -0.05) is 0 Å². The maximum absolute atomic E-state index is 12.7. The zero-order valence-corrected chi connectivity index (χ0v) is 12.5. The average Bonchev–Trinajstić information content (AvgIpc) is 3.08. The minimum atomic E-state index is -4.56. The van der Waals surface area contributed by atoms with E-state index in [1.54, 1.807) is 11.0 Å². The van der Waals surface area contributed by atoms with Crippen LogP contribution in [0.5, 0.6) is 6.01 Å². The SMILES string of the molecule is O=C(c1ccoc1)N1CCCC(Oc2nccc(C(F)(F)F)n2)C1. The summed E-state index contributed by atoms with van der Waals surface area (Å²) in [5.74, 6) is -0.206. The van der Waals surface area contributed by atoms with Crippen LogP contribution in [-0.4, -0.2) is 40.0 Å². The molecule has 1 amide bonds. The molecule has 0 aliphatic carbocycles. The molecule has 1 unspecified atom stereocenters. The Hall–Kier alpha value is -2.58. The lowest BCUT2D eigenvalue weighted by atomic mass is 10.1. The van der Waals surface area contributed by atoms with Gasteiger partial charge in [0.15, 0.2) is 5.69 Å². The number of hydrogen-bond donors (Lipinski definition) is 0. The van der Waals surface area contributed by atoms with Crippen LogP contribution in [0.4, 0.5) is 13.2 Å². The van der Waals surface area contributed by atoms with Crippen molar-refractivity contribution >= 4 is 5.91 Å². The number of hydrogen-bond acceptors (Lipinski definition) is 5. The number of halogens is 3. The molecule has 1 saturated heterocycles. The van der Waals surface area contributed by atoms with Crippen molar-refractivity contribution in [2.24, 2.45) is 0 Å². The number of aromatic nitrogens is 2. The van der Waals surface area contributed by atoms with Gasteiger partial charge in [-0.3, -0.25) is 4.79 Å². The quantitative estimate of drug-likeness (QED) is 0.859. The molecule has 1 fully saturated rings. The Labute approximate surface area is 135 Å². The van der Waals surface area contributed by atoms with Gasteiger partial charge in [0, 0.05) is 12.7 Å². The number of alkyl halides is 3. The van der Waals surface area contributed by atoms with E-state index in [0.717, 1.165) is 12.3 Å². The van der Waals surface area contributed by atoms with Crippen molar-refractivity contribution in [2.75, 3.05) is 13.1 Å². The maximum Gasteiger partial charge on any atom is 0.433 e. The van der Waals surface area contributed by atoms with Crippen LogP contribution < -0.4 is 4.74 Å². The Balaban J connectivity index is 1.67. The van der Waals surface area contributed by atoms with Crippen molar-refractivity contribution in [3.63, 3.8) is 0 Å². The molecule has 2 aromatic heterocycles. The molecular formula is C15H14F3N3O3. The molecular weight excluding hydrogens is 327 g/mol. The van der Waals surface area contributed by atoms with E-state index in [0.29, 0.717) is 24.9 Å². The second kappa shape index (κ2) is 6.50. The van der Waals surface area contributed by atoms with Crippen LogP contribution in [0.15, 0.2) is 35.3 Å². The summed E-state index contributed by atoms with van der Waals surface area (Å²) < 4.78 is 48.3. The lowest BCUT2D eigenvalue weighted by molar-refractivity contribution is -0.141. The summed E-state index contributed by atoms with van der Waals surface area (Å²) >= 11 is 0. The molecule has 24 heavy (non-hydrogen) atoms. The number of carbonyl (C=O) groups is 1. The monoisotopic (exact) mass is 341 g/mol. The molecule has 0 N–H and O–H groups in total. The highest BCUT2D eigenvalue weighted by molar-refractivity contribution is 5.93. The van der Waals surface area contributed by atoms with Gasteiger partial charge in [0.1, 0.15) is 12.4 Å². The smallest absolute Gasteiger partial charge is 0.433 e. The molecule has 0 radical (unpaired) electrons. The first kappa shape index (κ1) is 16.3. The van der Waals surface area contributed by atoms with E-state index >= 15 is 0 Å². The molecule has 9 heteroatoms. The van der Waals surface area contributed by atoms with Gasteiger partial charge < -0.3 is 14.1 Å². The number of carbonyl (C=O) groups excluding carboxylic acids is 1. The lowest BCUT2D eigenvalue weighted by Gasteiger charge is -2.32. The van der Waals surface area contributed by atoms with Gasteiger partial charge in [-0.25, -0.2) is 4.98 Å². The van der Waals surface area contributed by atoms with E-state index in [1.807, 2.05) is 0 Å². The number of rotatable bonds is 3. The fourth-order valence-corrected chi connectivity index (χ4v) is 2.49. The van der Waals surface area contributed by atoms with E-state index in [4.69, 9.17) is 9.15 Å². The van der Waals surface area contributed by atoms with Gasteiger partial charge in [0.05, 0.1) is 18.4 Å². The Bertz CT molecular complexity index is 703. The second-order valence-electron chi connectivity index (χ2n) is 5.37. The topological polar surface area (TPSA) is 68.5 Å². The molecule has 3 rings (SSSR count). The van der Waals surface area contributed by atoms with Crippen LogP contribution in [0, 0.1) is 0 Å². The number of nitrogens with zero attached hydrogens (tertiary/aromatic N) is 3. The predicted molar refractivity (Wildman–Crippen MR) is 75.3 cm³/mol. The highest BCUT2D eigenvalue weighted by Gasteiger charge is 2.33. The van der Waals surface area contributed by atoms with Crippen molar-refractivity contribution < 1.29 is 27.1 Å². The fourth-order valence-electron chi connectivity index (χ4n) is 2.49. The number of piperidine rings is 1. The van der Waals surface area contributed by atoms with E-state index in [-0.39, 0.29) is 18.5 Å². The number of likely N-dealkylation sites (tertiary alicyclic amines) is 1. The zero-order valence-electron chi connectivity index (χ0n) is 12.5. The second-order valence-corrected chi connectivity index (χ2v) is 5.37. The van der Waals surface area contributed by atoms with Crippen LogP contribution in [-0.2, 0) is 6.18 Å². The average molecular weight is 341 g/mol. The zero-order chi connectivity index (χ0) is 17.2. The lowest BCUT2D eigenvalue weighted by Crippen LogP contribution is -2.44. The Morgan fingerprint density at radius 1 is 1.38 bits per heavy atom. The molecule has 6 nitrogen and oxygen atoms in total. The molecule has 0 aromatic carbocycles. The largest absolute Gasteiger partial charge is 0.472 e. The van der Waals surface area contributed by atoms with Crippen molar-refractivity contribution in [1.29, 1.82) is 0 Å². The molecule has 1 aliphatic rings. The summed E-state index contributed by atoms with van der Waals surface area (Å²) in [6.45, 7) is 0.803. The Morgan fingerprint density at radius 2 is 2.21 bits per heavy atom. The summed E-state index contributed by atoms with van der Waals surface area (Å²) in [6, 6.07) is 2.00. The molecule has 1 aliphatic heterocycles. The molecule has 1 atom stereocenters.